The van der Waals surface area contributed by atoms with Crippen LogP contribution in [0.4, 0.5) is 5.88 Å². The SMILES string of the molecule is CC(=O)c1c(C)oc(NC(=O)c2ccc(-c3cc(=O)c4cc(C)cc(C)c4o3)cc2)c1C(N)=O. The highest BCUT2D eigenvalue weighted by molar-refractivity contribution is 6.13. The third-order valence-corrected chi connectivity index (χ3v) is 5.50. The van der Waals surface area contributed by atoms with E-state index in [4.69, 9.17) is 14.6 Å². The predicted octanol–water partition coefficient (Wildman–Crippen LogP) is 4.53. The lowest BCUT2D eigenvalue weighted by Crippen LogP contribution is -2.19. The quantitative estimate of drug-likeness (QED) is 0.422. The number of nitrogens with one attached hydrogen (secondary N) is 1. The van der Waals surface area contributed by atoms with Crippen molar-refractivity contribution in [3.8, 4) is 11.3 Å². The van der Waals surface area contributed by atoms with Crippen molar-refractivity contribution in [2.24, 2.45) is 5.73 Å². The molecule has 0 unspecified atom stereocenters. The molecule has 2 aromatic carbocycles. The second-order valence-electron chi connectivity index (χ2n) is 8.12. The van der Waals surface area contributed by atoms with Crippen molar-refractivity contribution in [2.75, 3.05) is 5.32 Å². The van der Waals surface area contributed by atoms with E-state index >= 15 is 0 Å². The minimum absolute atomic E-state index is 0.0370. The smallest absolute Gasteiger partial charge is 0.257 e. The number of carbonyl (C=O) groups excluding carboxylic acids is 3. The molecule has 0 aliphatic carbocycles. The zero-order chi connectivity index (χ0) is 24.7. The van der Waals surface area contributed by atoms with Crippen molar-refractivity contribution >= 4 is 34.5 Å². The van der Waals surface area contributed by atoms with Gasteiger partial charge in [0, 0.05) is 17.2 Å². The number of primary amides is 1. The molecule has 172 valence electrons. The third kappa shape index (κ3) is 4.01. The Balaban J connectivity index is 1.65. The number of fused-ring (bicyclic) bond motifs is 1. The fourth-order valence-electron chi connectivity index (χ4n) is 4.00. The third-order valence-electron chi connectivity index (χ3n) is 5.50. The maximum Gasteiger partial charge on any atom is 0.257 e. The van der Waals surface area contributed by atoms with E-state index in [0.717, 1.165) is 11.1 Å². The molecule has 0 spiro atoms. The van der Waals surface area contributed by atoms with Crippen LogP contribution in [0.15, 0.2) is 56.1 Å². The molecule has 8 heteroatoms. The van der Waals surface area contributed by atoms with Crippen LogP contribution in [0.1, 0.15) is 54.9 Å². The number of hydrogen-bond acceptors (Lipinski definition) is 6. The molecule has 0 bridgehead atoms. The van der Waals surface area contributed by atoms with E-state index in [1.165, 1.54) is 19.9 Å². The number of Topliss-reactive ketones (excluding diaryl/α,β-unsaturated/α-hetero) is 1. The normalized spacial score (nSPS) is 10.9. The molecule has 2 aromatic heterocycles. The molecule has 0 saturated heterocycles. The number of aryl methyl sites for hydroxylation is 3. The van der Waals surface area contributed by atoms with E-state index in [0.29, 0.717) is 22.3 Å². The highest BCUT2D eigenvalue weighted by Gasteiger charge is 2.26. The summed E-state index contributed by atoms with van der Waals surface area (Å²) in [6, 6.07) is 11.5. The Morgan fingerprint density at radius 3 is 2.21 bits per heavy atom. The Morgan fingerprint density at radius 2 is 1.59 bits per heavy atom. The first-order valence-electron chi connectivity index (χ1n) is 10.5. The number of rotatable bonds is 5. The molecule has 2 heterocycles. The van der Waals surface area contributed by atoms with Crippen LogP contribution in [-0.4, -0.2) is 17.6 Å². The van der Waals surface area contributed by atoms with E-state index in [1.807, 2.05) is 19.9 Å². The molecule has 0 aliphatic heterocycles. The van der Waals surface area contributed by atoms with Crippen molar-refractivity contribution in [1.82, 2.24) is 0 Å². The first-order chi connectivity index (χ1) is 16.1. The standard InChI is InChI=1S/C26H22N2O6/c1-12-9-13(2)23-18(10-12)19(30)11-20(34-23)16-5-7-17(8-6-16)25(32)28-26-22(24(27)31)21(14(3)29)15(4)33-26/h5-11H,1-4H3,(H2,27,31)(H,28,32). The Kier molecular flexibility index (Phi) is 5.66. The average Bonchev–Trinajstić information content (AvgIpc) is 3.10. The topological polar surface area (TPSA) is 133 Å². The number of carbonyl (C=O) groups is 3. The fourth-order valence-corrected chi connectivity index (χ4v) is 4.00. The van der Waals surface area contributed by atoms with Crippen LogP contribution < -0.4 is 16.5 Å². The first-order valence-corrected chi connectivity index (χ1v) is 10.5. The molecule has 3 N–H and O–H groups in total. The summed E-state index contributed by atoms with van der Waals surface area (Å²) in [6.45, 7) is 6.58. The van der Waals surface area contributed by atoms with Crippen LogP contribution in [0.3, 0.4) is 0 Å². The van der Waals surface area contributed by atoms with E-state index < -0.39 is 17.6 Å². The molecular weight excluding hydrogens is 436 g/mol. The largest absolute Gasteiger partial charge is 0.456 e. The van der Waals surface area contributed by atoms with Crippen LogP contribution in [-0.2, 0) is 0 Å². The number of nitrogens with two attached hydrogens (primary N) is 1. The summed E-state index contributed by atoms with van der Waals surface area (Å²) in [5.41, 5.74) is 8.33. The van der Waals surface area contributed by atoms with Gasteiger partial charge in [-0.15, -0.1) is 0 Å². The molecular formula is C26H22N2O6. The van der Waals surface area contributed by atoms with Gasteiger partial charge in [-0.2, -0.15) is 0 Å². The van der Waals surface area contributed by atoms with Gasteiger partial charge in [0.2, 0.25) is 5.88 Å². The lowest BCUT2D eigenvalue weighted by Gasteiger charge is -2.08. The lowest BCUT2D eigenvalue weighted by atomic mass is 10.0. The van der Waals surface area contributed by atoms with Gasteiger partial charge in [-0.05, 0) is 57.0 Å². The van der Waals surface area contributed by atoms with Gasteiger partial charge in [0.25, 0.3) is 11.8 Å². The zero-order valence-electron chi connectivity index (χ0n) is 19.1. The maximum atomic E-state index is 12.8. The highest BCUT2D eigenvalue weighted by atomic mass is 16.4. The summed E-state index contributed by atoms with van der Waals surface area (Å²) in [7, 11) is 0. The predicted molar refractivity (Wildman–Crippen MR) is 127 cm³/mol. The van der Waals surface area contributed by atoms with Gasteiger partial charge in [0.15, 0.2) is 11.2 Å². The molecule has 0 saturated carbocycles. The van der Waals surface area contributed by atoms with Gasteiger partial charge >= 0.3 is 0 Å². The second kappa shape index (κ2) is 8.47. The van der Waals surface area contributed by atoms with Crippen molar-refractivity contribution in [1.29, 1.82) is 0 Å². The van der Waals surface area contributed by atoms with Crippen molar-refractivity contribution < 1.29 is 23.2 Å². The summed E-state index contributed by atoms with van der Waals surface area (Å²) >= 11 is 0. The molecule has 4 aromatic rings. The van der Waals surface area contributed by atoms with Crippen LogP contribution in [0, 0.1) is 20.8 Å². The highest BCUT2D eigenvalue weighted by Crippen LogP contribution is 2.29. The Hall–Kier alpha value is -4.46. The minimum Gasteiger partial charge on any atom is -0.456 e. The lowest BCUT2D eigenvalue weighted by molar-refractivity contribution is 0.0974. The minimum atomic E-state index is -0.885. The second-order valence-corrected chi connectivity index (χ2v) is 8.12. The summed E-state index contributed by atoms with van der Waals surface area (Å²) in [5.74, 6) is -1.48. The molecule has 8 nitrogen and oxygen atoms in total. The number of anilines is 1. The summed E-state index contributed by atoms with van der Waals surface area (Å²) in [4.78, 5) is 49.1. The molecule has 0 fully saturated rings. The van der Waals surface area contributed by atoms with Crippen LogP contribution >= 0.6 is 0 Å². The number of hydrogen-bond donors (Lipinski definition) is 2. The number of ketones is 1. The van der Waals surface area contributed by atoms with Crippen molar-refractivity contribution in [2.45, 2.75) is 27.7 Å². The zero-order valence-corrected chi connectivity index (χ0v) is 19.1. The number of amides is 2. The van der Waals surface area contributed by atoms with E-state index in [1.54, 1.807) is 30.3 Å². The van der Waals surface area contributed by atoms with Gasteiger partial charge in [-0.3, -0.25) is 24.5 Å². The average molecular weight is 458 g/mol. The molecule has 34 heavy (non-hydrogen) atoms. The van der Waals surface area contributed by atoms with Crippen LogP contribution in [0.2, 0.25) is 0 Å². The van der Waals surface area contributed by atoms with Gasteiger partial charge < -0.3 is 14.6 Å². The summed E-state index contributed by atoms with van der Waals surface area (Å²) < 4.78 is 11.4. The molecule has 0 radical (unpaired) electrons. The Bertz CT molecular complexity index is 1540. The molecule has 0 atom stereocenters. The molecule has 2 amide bonds. The van der Waals surface area contributed by atoms with Crippen LogP contribution in [0.5, 0.6) is 0 Å². The van der Waals surface area contributed by atoms with Crippen molar-refractivity contribution in [3.63, 3.8) is 0 Å². The monoisotopic (exact) mass is 458 g/mol. The summed E-state index contributed by atoms with van der Waals surface area (Å²) in [6.07, 6.45) is 0. The van der Waals surface area contributed by atoms with Gasteiger partial charge in [0.05, 0.1) is 10.9 Å². The Labute approximate surface area is 194 Å². The van der Waals surface area contributed by atoms with E-state index in [-0.39, 0.29) is 33.8 Å². The van der Waals surface area contributed by atoms with Crippen molar-refractivity contribution in [3.05, 3.63) is 86.3 Å². The number of benzene rings is 2. The van der Waals surface area contributed by atoms with Gasteiger partial charge in [0.1, 0.15) is 22.7 Å². The fraction of sp³-hybridized carbons (Fsp3) is 0.154. The van der Waals surface area contributed by atoms with E-state index in [2.05, 4.69) is 5.32 Å². The first kappa shape index (κ1) is 22.7. The van der Waals surface area contributed by atoms with Gasteiger partial charge in [-0.1, -0.05) is 18.2 Å². The van der Waals surface area contributed by atoms with E-state index in [9.17, 15) is 19.2 Å². The maximum absolute atomic E-state index is 12.8. The molecule has 0 aliphatic rings. The van der Waals surface area contributed by atoms with Gasteiger partial charge in [-0.25, -0.2) is 0 Å². The number of furan rings is 1. The Morgan fingerprint density at radius 1 is 0.912 bits per heavy atom. The molecule has 4 rings (SSSR count). The summed E-state index contributed by atoms with van der Waals surface area (Å²) in [5, 5.41) is 3.01. The van der Waals surface area contributed by atoms with Crippen LogP contribution in [0.25, 0.3) is 22.3 Å².